The third kappa shape index (κ3) is 2.10. The highest BCUT2D eigenvalue weighted by Gasteiger charge is 2.55. The Balaban J connectivity index is 2.23. The van der Waals surface area contributed by atoms with Gasteiger partial charge < -0.3 is 21.2 Å². The second-order valence-electron chi connectivity index (χ2n) is 5.85. The summed E-state index contributed by atoms with van der Waals surface area (Å²) in [5.41, 5.74) is 4.82. The standard InChI is InChI=1S/C13H22N4O3/c1-8-6-13(7-8,11(14)16-20)12(19)17-5-3-4-9(17)10(18)15-2/h8-9,20H,3-7H2,1-2H3,(H2,14,16)(H,15,18). The number of amides is 2. The minimum atomic E-state index is -0.926. The number of likely N-dealkylation sites (tertiary alicyclic amines) is 1. The lowest BCUT2D eigenvalue weighted by Gasteiger charge is -2.46. The van der Waals surface area contributed by atoms with Crippen LogP contribution < -0.4 is 11.1 Å². The van der Waals surface area contributed by atoms with Crippen LogP contribution in [0.15, 0.2) is 5.16 Å². The van der Waals surface area contributed by atoms with Crippen LogP contribution in [0.3, 0.4) is 0 Å². The normalized spacial score (nSPS) is 33.7. The molecule has 2 amide bonds. The maximum Gasteiger partial charge on any atom is 0.242 e. The Kier molecular flexibility index (Phi) is 3.87. The van der Waals surface area contributed by atoms with E-state index in [9.17, 15) is 9.59 Å². The first-order valence-electron chi connectivity index (χ1n) is 6.97. The molecule has 7 nitrogen and oxygen atoms in total. The van der Waals surface area contributed by atoms with Gasteiger partial charge in [-0.05, 0) is 31.6 Å². The summed E-state index contributed by atoms with van der Waals surface area (Å²) in [5, 5.41) is 14.6. The number of carbonyl (C=O) groups is 2. The molecule has 1 aliphatic heterocycles. The van der Waals surface area contributed by atoms with E-state index in [1.165, 1.54) is 0 Å². The number of nitrogens with zero attached hydrogens (tertiary/aromatic N) is 2. The van der Waals surface area contributed by atoms with Crippen LogP contribution in [0.4, 0.5) is 0 Å². The van der Waals surface area contributed by atoms with Crippen molar-refractivity contribution in [1.82, 2.24) is 10.2 Å². The summed E-state index contributed by atoms with van der Waals surface area (Å²) < 4.78 is 0. The first-order valence-corrected chi connectivity index (χ1v) is 6.97. The van der Waals surface area contributed by atoms with Crippen molar-refractivity contribution in [3.8, 4) is 0 Å². The maximum atomic E-state index is 12.8. The minimum absolute atomic E-state index is 0.0387. The number of likely N-dealkylation sites (N-methyl/N-ethyl adjacent to an activating group) is 1. The SMILES string of the molecule is CNC(=O)C1CCCN1C(=O)C1(C(N)=NO)CC(C)C1. The second kappa shape index (κ2) is 5.30. The predicted octanol–water partition coefficient (Wildman–Crippen LogP) is -0.114. The molecule has 0 aromatic rings. The van der Waals surface area contributed by atoms with Crippen molar-refractivity contribution in [1.29, 1.82) is 0 Å². The number of hydrogen-bond acceptors (Lipinski definition) is 4. The van der Waals surface area contributed by atoms with Gasteiger partial charge in [0.25, 0.3) is 0 Å². The van der Waals surface area contributed by atoms with E-state index in [0.717, 1.165) is 6.42 Å². The summed E-state index contributed by atoms with van der Waals surface area (Å²) in [6, 6.07) is -0.438. The highest BCUT2D eigenvalue weighted by atomic mass is 16.4. The van der Waals surface area contributed by atoms with Crippen molar-refractivity contribution in [3.05, 3.63) is 0 Å². The van der Waals surface area contributed by atoms with Gasteiger partial charge in [-0.25, -0.2) is 0 Å². The van der Waals surface area contributed by atoms with Gasteiger partial charge >= 0.3 is 0 Å². The van der Waals surface area contributed by atoms with E-state index in [0.29, 0.717) is 31.7 Å². The molecule has 2 aliphatic rings. The Morgan fingerprint density at radius 2 is 2.10 bits per heavy atom. The molecule has 0 aromatic carbocycles. The number of nitrogens with one attached hydrogen (secondary N) is 1. The first kappa shape index (κ1) is 14.6. The fourth-order valence-corrected chi connectivity index (χ4v) is 3.44. The summed E-state index contributed by atoms with van der Waals surface area (Å²) in [6.45, 7) is 2.57. The molecule has 112 valence electrons. The quantitative estimate of drug-likeness (QED) is 0.290. The molecule has 0 radical (unpaired) electrons. The maximum absolute atomic E-state index is 12.8. The Morgan fingerprint density at radius 3 is 2.60 bits per heavy atom. The third-order valence-electron chi connectivity index (χ3n) is 4.46. The number of amidine groups is 1. The van der Waals surface area contributed by atoms with Gasteiger partial charge in [0.1, 0.15) is 11.5 Å². The molecule has 2 rings (SSSR count). The molecule has 7 heteroatoms. The average Bonchev–Trinajstić information content (AvgIpc) is 2.90. The summed E-state index contributed by atoms with van der Waals surface area (Å²) >= 11 is 0. The zero-order valence-corrected chi connectivity index (χ0v) is 11.9. The molecule has 20 heavy (non-hydrogen) atoms. The van der Waals surface area contributed by atoms with Gasteiger partial charge in [0.05, 0.1) is 0 Å². The van der Waals surface area contributed by atoms with Crippen molar-refractivity contribution in [2.75, 3.05) is 13.6 Å². The first-order chi connectivity index (χ1) is 9.46. The van der Waals surface area contributed by atoms with Crippen LogP contribution >= 0.6 is 0 Å². The zero-order chi connectivity index (χ0) is 14.9. The monoisotopic (exact) mass is 282 g/mol. The lowest BCUT2D eigenvalue weighted by Crippen LogP contribution is -2.60. The molecular formula is C13H22N4O3. The number of hydrogen-bond donors (Lipinski definition) is 3. The number of oxime groups is 1. The number of nitrogens with two attached hydrogens (primary N) is 1. The molecule has 1 saturated carbocycles. The van der Waals surface area contributed by atoms with Crippen LogP contribution in [0.25, 0.3) is 0 Å². The predicted molar refractivity (Wildman–Crippen MR) is 73.0 cm³/mol. The highest BCUT2D eigenvalue weighted by molar-refractivity contribution is 6.08. The molecule has 1 saturated heterocycles. The lowest BCUT2D eigenvalue weighted by molar-refractivity contribution is -0.148. The van der Waals surface area contributed by atoms with Gasteiger partial charge in [0, 0.05) is 13.6 Å². The molecule has 0 aromatic heterocycles. The van der Waals surface area contributed by atoms with E-state index < -0.39 is 11.5 Å². The van der Waals surface area contributed by atoms with Crippen molar-refractivity contribution in [2.45, 2.75) is 38.6 Å². The molecular weight excluding hydrogens is 260 g/mol. The van der Waals surface area contributed by atoms with Gasteiger partial charge in [-0.3, -0.25) is 9.59 Å². The van der Waals surface area contributed by atoms with Gasteiger partial charge in [-0.1, -0.05) is 12.1 Å². The zero-order valence-electron chi connectivity index (χ0n) is 11.9. The van der Waals surface area contributed by atoms with E-state index >= 15 is 0 Å². The summed E-state index contributed by atoms with van der Waals surface area (Å²) in [7, 11) is 1.56. The highest BCUT2D eigenvalue weighted by Crippen LogP contribution is 2.47. The topological polar surface area (TPSA) is 108 Å². The average molecular weight is 282 g/mol. The van der Waals surface area contributed by atoms with E-state index in [-0.39, 0.29) is 17.6 Å². The Morgan fingerprint density at radius 1 is 1.45 bits per heavy atom. The third-order valence-corrected chi connectivity index (χ3v) is 4.46. The Labute approximate surface area is 118 Å². The van der Waals surface area contributed by atoms with Gasteiger partial charge in [0.2, 0.25) is 11.8 Å². The molecule has 0 spiro atoms. The van der Waals surface area contributed by atoms with Crippen molar-refractivity contribution < 1.29 is 14.8 Å². The van der Waals surface area contributed by atoms with E-state index in [4.69, 9.17) is 10.9 Å². The minimum Gasteiger partial charge on any atom is -0.409 e. The van der Waals surface area contributed by atoms with Gasteiger partial charge in [-0.15, -0.1) is 0 Å². The molecule has 4 N–H and O–H groups in total. The van der Waals surface area contributed by atoms with Gasteiger partial charge in [0.15, 0.2) is 5.84 Å². The molecule has 1 unspecified atom stereocenters. The number of carbonyl (C=O) groups excluding carboxylic acids is 2. The van der Waals surface area contributed by atoms with Crippen molar-refractivity contribution in [3.63, 3.8) is 0 Å². The van der Waals surface area contributed by atoms with E-state index in [1.807, 2.05) is 6.92 Å². The van der Waals surface area contributed by atoms with Crippen LogP contribution in [0.5, 0.6) is 0 Å². The van der Waals surface area contributed by atoms with Crippen molar-refractivity contribution in [2.24, 2.45) is 22.2 Å². The van der Waals surface area contributed by atoms with Crippen molar-refractivity contribution >= 4 is 17.6 Å². The lowest BCUT2D eigenvalue weighted by atomic mass is 9.61. The second-order valence-corrected chi connectivity index (χ2v) is 5.85. The summed E-state index contributed by atoms with van der Waals surface area (Å²) in [5.74, 6) is -0.0154. The van der Waals surface area contributed by atoms with E-state index in [1.54, 1.807) is 11.9 Å². The summed E-state index contributed by atoms with van der Waals surface area (Å²) in [4.78, 5) is 26.2. The summed E-state index contributed by atoms with van der Waals surface area (Å²) in [6.07, 6.45) is 2.59. The Hall–Kier alpha value is -1.79. The van der Waals surface area contributed by atoms with Crippen LogP contribution in [0.2, 0.25) is 0 Å². The fourth-order valence-electron chi connectivity index (χ4n) is 3.44. The van der Waals surface area contributed by atoms with Crippen LogP contribution in [0.1, 0.15) is 32.6 Å². The molecule has 1 aliphatic carbocycles. The molecule has 1 heterocycles. The number of rotatable bonds is 3. The smallest absolute Gasteiger partial charge is 0.242 e. The molecule has 1 atom stereocenters. The van der Waals surface area contributed by atoms with Crippen LogP contribution in [-0.4, -0.2) is 47.4 Å². The largest absolute Gasteiger partial charge is 0.409 e. The Bertz CT molecular complexity index is 443. The van der Waals surface area contributed by atoms with Crippen LogP contribution in [-0.2, 0) is 9.59 Å². The van der Waals surface area contributed by atoms with Crippen LogP contribution in [0, 0.1) is 11.3 Å². The molecule has 2 fully saturated rings. The fraction of sp³-hybridized carbons (Fsp3) is 0.769. The molecule has 0 bridgehead atoms. The van der Waals surface area contributed by atoms with Gasteiger partial charge in [-0.2, -0.15) is 0 Å². The van der Waals surface area contributed by atoms with E-state index in [2.05, 4.69) is 10.5 Å².